The van der Waals surface area contributed by atoms with Crippen molar-refractivity contribution in [2.24, 2.45) is 0 Å². The second-order valence-corrected chi connectivity index (χ2v) is 6.67. The number of rotatable bonds is 5. The van der Waals surface area contributed by atoms with Crippen LogP contribution in [0.5, 0.6) is 11.5 Å². The summed E-state index contributed by atoms with van der Waals surface area (Å²) < 4.78 is 16.6. The molecule has 25 heavy (non-hydrogen) atoms. The average Bonchev–Trinajstić information content (AvgIpc) is 3.33. The summed E-state index contributed by atoms with van der Waals surface area (Å²) in [4.78, 5) is 14.4. The highest BCUT2D eigenvalue weighted by molar-refractivity contribution is 5.76. The Labute approximate surface area is 147 Å². The molecule has 1 unspecified atom stereocenters. The van der Waals surface area contributed by atoms with Gasteiger partial charge in [0.2, 0.25) is 5.91 Å². The molecule has 1 fully saturated rings. The van der Waals surface area contributed by atoms with Crippen molar-refractivity contribution in [2.75, 3.05) is 26.3 Å². The smallest absolute Gasteiger partial charge is 0.222 e. The molecule has 5 nitrogen and oxygen atoms in total. The van der Waals surface area contributed by atoms with E-state index in [-0.39, 0.29) is 5.91 Å². The molecule has 1 amide bonds. The highest BCUT2D eigenvalue weighted by Crippen LogP contribution is 2.31. The predicted octanol–water partition coefficient (Wildman–Crippen LogP) is 3.39. The van der Waals surface area contributed by atoms with Crippen molar-refractivity contribution in [3.8, 4) is 11.5 Å². The molecule has 5 heteroatoms. The molecule has 0 bridgehead atoms. The third-order valence-electron chi connectivity index (χ3n) is 4.95. The largest absolute Gasteiger partial charge is 0.486 e. The number of ether oxygens (including phenoxy) is 2. The lowest BCUT2D eigenvalue weighted by Gasteiger charge is -2.19. The summed E-state index contributed by atoms with van der Waals surface area (Å²) in [6.45, 7) is 2.81. The van der Waals surface area contributed by atoms with E-state index >= 15 is 0 Å². The SMILES string of the molecule is O=C(CCCc1ccc2c(c1)OCCO2)N1CCC(c2ccco2)C1. The van der Waals surface area contributed by atoms with Crippen molar-refractivity contribution in [1.29, 1.82) is 0 Å². The van der Waals surface area contributed by atoms with Gasteiger partial charge in [-0.25, -0.2) is 0 Å². The van der Waals surface area contributed by atoms with Gasteiger partial charge in [0.25, 0.3) is 0 Å². The molecule has 1 saturated heterocycles. The van der Waals surface area contributed by atoms with Crippen LogP contribution in [-0.4, -0.2) is 37.1 Å². The maximum absolute atomic E-state index is 12.4. The lowest BCUT2D eigenvalue weighted by molar-refractivity contribution is -0.130. The van der Waals surface area contributed by atoms with Crippen molar-refractivity contribution >= 4 is 5.91 Å². The van der Waals surface area contributed by atoms with Gasteiger partial charge in [-0.15, -0.1) is 0 Å². The number of aryl methyl sites for hydroxylation is 1. The number of carbonyl (C=O) groups excluding carboxylic acids is 1. The van der Waals surface area contributed by atoms with E-state index in [0.717, 1.165) is 49.6 Å². The Morgan fingerprint density at radius 3 is 2.88 bits per heavy atom. The molecule has 0 spiro atoms. The van der Waals surface area contributed by atoms with Crippen LogP contribution in [-0.2, 0) is 11.2 Å². The summed E-state index contributed by atoms with van der Waals surface area (Å²) >= 11 is 0. The Morgan fingerprint density at radius 1 is 1.16 bits per heavy atom. The quantitative estimate of drug-likeness (QED) is 0.836. The van der Waals surface area contributed by atoms with Crippen molar-refractivity contribution < 1.29 is 18.7 Å². The van der Waals surface area contributed by atoms with Crippen molar-refractivity contribution in [2.45, 2.75) is 31.6 Å². The van der Waals surface area contributed by atoms with E-state index in [4.69, 9.17) is 13.9 Å². The number of likely N-dealkylation sites (tertiary alicyclic amines) is 1. The van der Waals surface area contributed by atoms with Gasteiger partial charge in [0.15, 0.2) is 11.5 Å². The first-order chi connectivity index (χ1) is 12.3. The lowest BCUT2D eigenvalue weighted by Crippen LogP contribution is -2.28. The van der Waals surface area contributed by atoms with E-state index in [1.165, 1.54) is 5.56 Å². The Kier molecular flexibility index (Phi) is 4.63. The number of carbonyl (C=O) groups is 1. The average molecular weight is 341 g/mol. The van der Waals surface area contributed by atoms with Gasteiger partial charge in [-0.2, -0.15) is 0 Å². The second kappa shape index (κ2) is 7.21. The van der Waals surface area contributed by atoms with E-state index in [1.54, 1.807) is 6.26 Å². The third kappa shape index (κ3) is 3.65. The third-order valence-corrected chi connectivity index (χ3v) is 4.95. The normalized spacial score (nSPS) is 19.2. The number of hydrogen-bond donors (Lipinski definition) is 0. The standard InChI is InChI=1S/C20H23NO4/c22-20(21-9-8-16(14-21)17-4-2-10-23-17)5-1-3-15-6-7-18-19(13-15)25-12-11-24-18/h2,4,6-7,10,13,16H,1,3,5,8-9,11-12,14H2. The van der Waals surface area contributed by atoms with Gasteiger partial charge in [-0.3, -0.25) is 4.79 Å². The Morgan fingerprint density at radius 2 is 2.04 bits per heavy atom. The highest BCUT2D eigenvalue weighted by Gasteiger charge is 2.28. The summed E-state index contributed by atoms with van der Waals surface area (Å²) in [5.41, 5.74) is 1.19. The number of nitrogens with zero attached hydrogens (tertiary/aromatic N) is 1. The molecule has 4 rings (SSSR count). The molecule has 2 aliphatic rings. The topological polar surface area (TPSA) is 51.9 Å². The Hall–Kier alpha value is -2.43. The van der Waals surface area contributed by atoms with Crippen LogP contribution in [0.3, 0.4) is 0 Å². The minimum atomic E-state index is 0.242. The predicted molar refractivity (Wildman–Crippen MR) is 93.0 cm³/mol. The summed E-state index contributed by atoms with van der Waals surface area (Å²) in [6, 6.07) is 9.95. The molecular weight excluding hydrogens is 318 g/mol. The second-order valence-electron chi connectivity index (χ2n) is 6.67. The van der Waals surface area contributed by atoms with Crippen LogP contribution in [0.25, 0.3) is 0 Å². The zero-order valence-electron chi connectivity index (χ0n) is 14.3. The summed E-state index contributed by atoms with van der Waals surface area (Å²) in [5, 5.41) is 0. The lowest BCUT2D eigenvalue weighted by atomic mass is 10.1. The molecule has 3 heterocycles. The fraction of sp³-hybridized carbons (Fsp3) is 0.450. The maximum atomic E-state index is 12.4. The first-order valence-corrected chi connectivity index (χ1v) is 8.99. The zero-order chi connectivity index (χ0) is 17.1. The van der Waals surface area contributed by atoms with Gasteiger partial charge in [0.1, 0.15) is 19.0 Å². The molecule has 2 aliphatic heterocycles. The van der Waals surface area contributed by atoms with Gasteiger partial charge in [-0.05, 0) is 49.1 Å². The van der Waals surface area contributed by atoms with Gasteiger partial charge in [0, 0.05) is 25.4 Å². The first-order valence-electron chi connectivity index (χ1n) is 8.99. The monoisotopic (exact) mass is 341 g/mol. The van der Waals surface area contributed by atoms with E-state index in [1.807, 2.05) is 29.2 Å². The van der Waals surface area contributed by atoms with E-state index in [2.05, 4.69) is 6.07 Å². The maximum Gasteiger partial charge on any atom is 0.222 e. The number of benzene rings is 1. The van der Waals surface area contributed by atoms with Crippen molar-refractivity contribution in [1.82, 2.24) is 4.90 Å². The fourth-order valence-electron chi connectivity index (χ4n) is 3.59. The van der Waals surface area contributed by atoms with Crippen LogP contribution in [0.4, 0.5) is 0 Å². The number of fused-ring (bicyclic) bond motifs is 1. The van der Waals surface area contributed by atoms with Crippen LogP contribution in [0.15, 0.2) is 41.0 Å². The number of hydrogen-bond acceptors (Lipinski definition) is 4. The van der Waals surface area contributed by atoms with Crippen LogP contribution in [0.1, 0.15) is 36.5 Å². The summed E-state index contributed by atoms with van der Waals surface area (Å²) in [6.07, 6.45) is 4.99. The van der Waals surface area contributed by atoms with Gasteiger partial charge < -0.3 is 18.8 Å². The molecule has 0 aliphatic carbocycles. The van der Waals surface area contributed by atoms with Crippen LogP contribution in [0.2, 0.25) is 0 Å². The Bertz CT molecular complexity index is 725. The van der Waals surface area contributed by atoms with Gasteiger partial charge in [-0.1, -0.05) is 6.07 Å². The first kappa shape index (κ1) is 16.1. The number of amides is 1. The minimum absolute atomic E-state index is 0.242. The van der Waals surface area contributed by atoms with E-state index in [9.17, 15) is 4.79 Å². The molecule has 1 aromatic carbocycles. The van der Waals surface area contributed by atoms with E-state index < -0.39 is 0 Å². The van der Waals surface area contributed by atoms with Crippen molar-refractivity contribution in [3.63, 3.8) is 0 Å². The molecule has 0 saturated carbocycles. The molecule has 1 aromatic heterocycles. The summed E-state index contributed by atoms with van der Waals surface area (Å²) in [7, 11) is 0. The van der Waals surface area contributed by atoms with Crippen LogP contribution >= 0.6 is 0 Å². The molecule has 2 aromatic rings. The molecular formula is C20H23NO4. The minimum Gasteiger partial charge on any atom is -0.486 e. The van der Waals surface area contributed by atoms with Crippen LogP contribution in [0, 0.1) is 0 Å². The molecule has 1 atom stereocenters. The summed E-state index contributed by atoms with van der Waals surface area (Å²) in [5.74, 6) is 3.21. The highest BCUT2D eigenvalue weighted by atomic mass is 16.6. The fourth-order valence-corrected chi connectivity index (χ4v) is 3.59. The molecule has 132 valence electrons. The molecule has 0 radical (unpaired) electrons. The van der Waals surface area contributed by atoms with Gasteiger partial charge >= 0.3 is 0 Å². The Balaban J connectivity index is 1.25. The zero-order valence-corrected chi connectivity index (χ0v) is 14.3. The van der Waals surface area contributed by atoms with Crippen molar-refractivity contribution in [3.05, 3.63) is 47.9 Å². The molecule has 0 N–H and O–H groups in total. The van der Waals surface area contributed by atoms with Gasteiger partial charge in [0.05, 0.1) is 6.26 Å². The number of furan rings is 1. The van der Waals surface area contributed by atoms with Crippen LogP contribution < -0.4 is 9.47 Å². The van der Waals surface area contributed by atoms with E-state index in [0.29, 0.717) is 25.6 Å².